The van der Waals surface area contributed by atoms with Gasteiger partial charge in [0.25, 0.3) is 0 Å². The van der Waals surface area contributed by atoms with Crippen molar-refractivity contribution in [3.8, 4) is 0 Å². The minimum absolute atomic E-state index is 0. The van der Waals surface area contributed by atoms with E-state index in [4.69, 9.17) is 0 Å². The summed E-state index contributed by atoms with van der Waals surface area (Å²) in [6.07, 6.45) is 3.50. The molecule has 1 heterocycles. The van der Waals surface area contributed by atoms with Gasteiger partial charge in [-0.25, -0.2) is 0 Å². The van der Waals surface area contributed by atoms with Gasteiger partial charge in [0.2, 0.25) is 0 Å². The minimum Gasteiger partial charge on any atom is -0.265 e. The molecule has 1 rings (SSSR count). The molecule has 0 atom stereocenters. The van der Waals surface area contributed by atoms with Crippen LogP contribution in [0.2, 0.25) is 0 Å². The van der Waals surface area contributed by atoms with E-state index in [1.807, 2.05) is 18.2 Å². The molecule has 8 heavy (non-hydrogen) atoms. The van der Waals surface area contributed by atoms with Crippen LogP contribution in [-0.2, 0) is 19.5 Å². The monoisotopic (exact) mass is 195 g/mol. The molecule has 0 aromatic carbocycles. The third kappa shape index (κ3) is 3.95. The fourth-order valence-electron chi connectivity index (χ4n) is 0.313. The molecular weight excluding hydrogens is 187 g/mol. The topological polar surface area (TPSA) is 12.9 Å². The summed E-state index contributed by atoms with van der Waals surface area (Å²) in [7, 11) is 0. The van der Waals surface area contributed by atoms with Crippen LogP contribution in [0.1, 0.15) is 0 Å². The third-order valence-electron chi connectivity index (χ3n) is 0.566. The first-order valence-corrected chi connectivity index (χ1v) is 1.85. The molecule has 0 saturated heterocycles. The van der Waals surface area contributed by atoms with Gasteiger partial charge in [0, 0.05) is 31.9 Å². The van der Waals surface area contributed by atoms with Crippen molar-refractivity contribution in [1.29, 1.82) is 0 Å². The van der Waals surface area contributed by atoms with Gasteiger partial charge < -0.3 is 0 Å². The molecule has 2 heteroatoms. The molecule has 0 N–H and O–H groups in total. The van der Waals surface area contributed by atoms with E-state index in [0.717, 1.165) is 0 Å². The minimum atomic E-state index is 0. The van der Waals surface area contributed by atoms with Crippen LogP contribution in [0.4, 0.5) is 0 Å². The molecule has 0 spiro atoms. The van der Waals surface area contributed by atoms with E-state index < -0.39 is 0 Å². The Kier molecular flexibility index (Phi) is 9.06. The first-order chi connectivity index (χ1) is 3.00. The first kappa shape index (κ1) is 10.7. The Labute approximate surface area is 62.9 Å². The maximum absolute atomic E-state index is 3.78. The zero-order chi connectivity index (χ0) is 4.24. The quantitative estimate of drug-likeness (QED) is 0.569. The average Bonchev–Trinajstić information content (AvgIpc) is 1.72. The third-order valence-corrected chi connectivity index (χ3v) is 0.566. The summed E-state index contributed by atoms with van der Waals surface area (Å²) in [6.45, 7) is 0. The Bertz CT molecular complexity index is 80.5. The summed E-state index contributed by atoms with van der Waals surface area (Å²) < 4.78 is 0. The van der Waals surface area contributed by atoms with Crippen molar-refractivity contribution in [2.24, 2.45) is 0 Å². The molecule has 0 saturated carbocycles. The Hall–Kier alpha value is -0.227. The van der Waals surface area contributed by atoms with Crippen LogP contribution >= 0.6 is 0 Å². The molecule has 0 aliphatic heterocycles. The van der Waals surface area contributed by atoms with Crippen molar-refractivity contribution in [3.05, 3.63) is 38.0 Å². The number of rotatable bonds is 0. The number of pyridine rings is 1. The van der Waals surface area contributed by atoms with Crippen molar-refractivity contribution in [3.63, 3.8) is 0 Å². The molecule has 1 nitrogen and oxygen atoms in total. The van der Waals surface area contributed by atoms with Crippen LogP contribution in [0.25, 0.3) is 0 Å². The van der Waals surface area contributed by atoms with Crippen LogP contribution in [0.3, 0.4) is 0 Å². The Morgan fingerprint density at radius 2 is 1.38 bits per heavy atom. The molecule has 0 unspecified atom stereocenters. The van der Waals surface area contributed by atoms with E-state index in [0.29, 0.717) is 0 Å². The zero-order valence-corrected chi connectivity index (χ0v) is 6.13. The summed E-state index contributed by atoms with van der Waals surface area (Å²) in [4.78, 5) is 3.78. The molecule has 0 aliphatic rings. The van der Waals surface area contributed by atoms with Gasteiger partial charge >= 0.3 is 0 Å². The molecule has 0 bridgehead atoms. The second-order valence-corrected chi connectivity index (χ2v) is 1.02. The maximum Gasteiger partial charge on any atom is 0.0267 e. The number of hydrogen-bond donors (Lipinski definition) is 0. The molecule has 1 aromatic rings. The fourth-order valence-corrected chi connectivity index (χ4v) is 0.313. The van der Waals surface area contributed by atoms with Crippen molar-refractivity contribution >= 4 is 0 Å². The smallest absolute Gasteiger partial charge is 0.0267 e. The SMILES string of the molecule is [CH2].[Ru].c1ccncc1. The second-order valence-electron chi connectivity index (χ2n) is 1.02. The summed E-state index contributed by atoms with van der Waals surface area (Å²) in [5.74, 6) is 0. The zero-order valence-electron chi connectivity index (χ0n) is 4.39. The largest absolute Gasteiger partial charge is 0.265 e. The van der Waals surface area contributed by atoms with Gasteiger partial charge in [-0.05, 0) is 12.1 Å². The molecule has 0 aliphatic carbocycles. The van der Waals surface area contributed by atoms with E-state index >= 15 is 0 Å². The standard InChI is InChI=1S/C5H5N.CH2.Ru/c1-2-4-6-5-3-1;;/h1-5H;1H2;. The predicted molar refractivity (Wildman–Crippen MR) is 29.6 cm³/mol. The molecule has 1 aromatic heterocycles. The molecule has 2 radical (unpaired) electrons. The molecule has 0 fully saturated rings. The number of hydrogen-bond acceptors (Lipinski definition) is 1. The van der Waals surface area contributed by atoms with Gasteiger partial charge in [-0.2, -0.15) is 0 Å². The average molecular weight is 194 g/mol. The first-order valence-electron chi connectivity index (χ1n) is 1.85. The van der Waals surface area contributed by atoms with E-state index in [1.54, 1.807) is 12.4 Å². The van der Waals surface area contributed by atoms with Crippen molar-refractivity contribution in [2.45, 2.75) is 0 Å². The predicted octanol–water partition coefficient (Wildman–Crippen LogP) is 1.41. The van der Waals surface area contributed by atoms with Crippen LogP contribution in [-0.4, -0.2) is 4.98 Å². The van der Waals surface area contributed by atoms with Crippen LogP contribution < -0.4 is 0 Å². The summed E-state index contributed by atoms with van der Waals surface area (Å²) in [6, 6.07) is 5.72. The second kappa shape index (κ2) is 6.77. The Morgan fingerprint density at radius 3 is 1.50 bits per heavy atom. The van der Waals surface area contributed by atoms with E-state index in [-0.39, 0.29) is 26.9 Å². The molecule has 44 valence electrons. The van der Waals surface area contributed by atoms with E-state index in [9.17, 15) is 0 Å². The summed E-state index contributed by atoms with van der Waals surface area (Å²) >= 11 is 0. The van der Waals surface area contributed by atoms with Crippen LogP contribution in [0.5, 0.6) is 0 Å². The van der Waals surface area contributed by atoms with Crippen molar-refractivity contribution in [1.82, 2.24) is 4.98 Å². The van der Waals surface area contributed by atoms with Gasteiger partial charge in [0.15, 0.2) is 0 Å². The van der Waals surface area contributed by atoms with Crippen molar-refractivity contribution < 1.29 is 19.5 Å². The van der Waals surface area contributed by atoms with E-state index in [1.165, 1.54) is 0 Å². The molecular formula is C6H7NRu. The van der Waals surface area contributed by atoms with Gasteiger partial charge in [-0.3, -0.25) is 4.98 Å². The fraction of sp³-hybridized carbons (Fsp3) is 0. The van der Waals surface area contributed by atoms with Crippen LogP contribution in [0.15, 0.2) is 30.6 Å². The van der Waals surface area contributed by atoms with Gasteiger partial charge in [-0.1, -0.05) is 13.5 Å². The number of nitrogens with zero attached hydrogens (tertiary/aromatic N) is 1. The number of aromatic nitrogens is 1. The Balaban J connectivity index is 0. The summed E-state index contributed by atoms with van der Waals surface area (Å²) in [5.41, 5.74) is 0. The van der Waals surface area contributed by atoms with Gasteiger partial charge in [0.1, 0.15) is 0 Å². The molecule has 0 amide bonds. The van der Waals surface area contributed by atoms with Crippen LogP contribution in [0, 0.1) is 7.43 Å². The summed E-state index contributed by atoms with van der Waals surface area (Å²) in [5, 5.41) is 0. The maximum atomic E-state index is 3.78. The van der Waals surface area contributed by atoms with Gasteiger partial charge in [-0.15, -0.1) is 0 Å². The van der Waals surface area contributed by atoms with Gasteiger partial charge in [0.05, 0.1) is 0 Å². The Morgan fingerprint density at radius 1 is 0.875 bits per heavy atom. The van der Waals surface area contributed by atoms with Crippen molar-refractivity contribution in [2.75, 3.05) is 0 Å². The van der Waals surface area contributed by atoms with E-state index in [2.05, 4.69) is 4.98 Å². The normalized spacial score (nSPS) is 6.00.